The van der Waals surface area contributed by atoms with Crippen LogP contribution in [0.2, 0.25) is 0 Å². The molecule has 3 aliphatic rings. The number of likely N-dealkylation sites (tertiary alicyclic amines) is 1. The molecule has 3 atom stereocenters. The van der Waals surface area contributed by atoms with Crippen LogP contribution in [-0.4, -0.2) is 135 Å². The van der Waals surface area contributed by atoms with E-state index in [1.54, 1.807) is 59.6 Å². The fraction of sp³-hybridized carbons (Fsp3) is 0.349. The molecule has 11 rings (SSSR count). The van der Waals surface area contributed by atoms with Gasteiger partial charge in [-0.2, -0.15) is 20.2 Å². The first-order valence-electron chi connectivity index (χ1n) is 20.7. The van der Waals surface area contributed by atoms with Crippen molar-refractivity contribution in [1.82, 2.24) is 61.0 Å². The van der Waals surface area contributed by atoms with Gasteiger partial charge in [0.15, 0.2) is 21.6 Å². The van der Waals surface area contributed by atoms with Gasteiger partial charge < -0.3 is 35.3 Å². The largest absolute Gasteiger partial charge is 0.507 e. The number of benzene rings is 2. The first-order chi connectivity index (χ1) is 30.2. The number of aromatic amines is 2. The number of phenols is 2. The van der Waals surface area contributed by atoms with Crippen LogP contribution in [0.15, 0.2) is 73.3 Å². The number of aliphatic hydroxyl groups is 1. The van der Waals surface area contributed by atoms with Gasteiger partial charge >= 0.3 is 0 Å². The predicted octanol–water partition coefficient (Wildman–Crippen LogP) is 5.92. The number of hydrogen-bond donors (Lipinski definition) is 6. The maximum absolute atomic E-state index is 10.6. The average Bonchev–Trinajstić information content (AvgIpc) is 4.13. The molecule has 3 fully saturated rings. The monoisotopic (exact) mass is 870 g/mol. The molecule has 1 unspecified atom stereocenters. The SMILES string of the molecule is CN(c1nc2nnc(-c3ccc(-c4cn[nH]c4)cc3O)cc2s1)[C@H]1CCN[C@H](CO)C1.CN1CCCC2(CCN2c2nc3nnc(-c4ccc(-c5cn[nH]c5)cc4O)cc3s2)C1. The molecule has 3 saturated heterocycles. The molecule has 6 aromatic heterocycles. The number of phenolic OH excluding ortho intramolecular Hbond substituents is 2. The Labute approximate surface area is 364 Å². The second-order valence-corrected chi connectivity index (χ2v) is 18.4. The lowest BCUT2D eigenvalue weighted by molar-refractivity contribution is 0.123. The minimum Gasteiger partial charge on any atom is -0.507 e. The van der Waals surface area contributed by atoms with E-state index in [2.05, 4.69) is 72.8 Å². The Hall–Kier alpha value is -6.12. The Balaban J connectivity index is 0.000000148. The molecule has 1 spiro atoms. The standard InChI is InChI=1S/C22H23N7OS.C21H23N7O2S/c1-28-7-2-5-22(13-28)6-8-29(22)21-25-20-19(31-21)10-17(26-27-20)16-4-3-14(9-18(16)30)15-11-23-24-12-15;1-28(15-4-5-22-14(7-15)11-29)21-25-20-19(31-21)8-17(26-27-20)16-3-2-12(6-18(16)30)13-9-23-24-10-13/h3-4,9-12,30H,2,5-8,13H2,1H3,(H,23,24);2-3,6,8-10,14-15,22,29-30H,4-5,7,11H2,1H3,(H,23,24)/t;14-,15-/m.0/s1. The summed E-state index contributed by atoms with van der Waals surface area (Å²) in [6, 6.07) is 15.3. The molecule has 2 aromatic carbocycles. The predicted molar refractivity (Wildman–Crippen MR) is 242 cm³/mol. The molecule has 19 heteroatoms. The fourth-order valence-electron chi connectivity index (χ4n) is 8.90. The van der Waals surface area contributed by atoms with Crippen LogP contribution in [0.3, 0.4) is 0 Å². The Morgan fingerprint density at radius 1 is 0.790 bits per heavy atom. The number of aromatic nitrogens is 10. The highest BCUT2D eigenvalue weighted by molar-refractivity contribution is 7.22. The Morgan fingerprint density at radius 2 is 1.44 bits per heavy atom. The fourth-order valence-corrected chi connectivity index (χ4v) is 10.9. The van der Waals surface area contributed by atoms with Crippen LogP contribution in [0.4, 0.5) is 10.3 Å². The molecule has 62 heavy (non-hydrogen) atoms. The van der Waals surface area contributed by atoms with Crippen LogP contribution in [0.5, 0.6) is 11.5 Å². The van der Waals surface area contributed by atoms with E-state index in [0.29, 0.717) is 39.9 Å². The van der Waals surface area contributed by atoms with Gasteiger partial charge in [-0.05, 0) is 99.8 Å². The van der Waals surface area contributed by atoms with Gasteiger partial charge in [0.2, 0.25) is 0 Å². The summed E-state index contributed by atoms with van der Waals surface area (Å²) < 4.78 is 1.90. The number of nitrogens with one attached hydrogen (secondary N) is 3. The first kappa shape index (κ1) is 40.0. The van der Waals surface area contributed by atoms with Crippen molar-refractivity contribution in [2.45, 2.75) is 49.7 Å². The maximum atomic E-state index is 10.6. The summed E-state index contributed by atoms with van der Waals surface area (Å²) in [5.74, 6) is 0.308. The van der Waals surface area contributed by atoms with Crippen molar-refractivity contribution in [1.29, 1.82) is 0 Å². The van der Waals surface area contributed by atoms with Gasteiger partial charge in [-0.3, -0.25) is 10.2 Å². The minimum absolute atomic E-state index is 0.120. The highest BCUT2D eigenvalue weighted by Gasteiger charge is 2.48. The summed E-state index contributed by atoms with van der Waals surface area (Å²) >= 11 is 3.22. The van der Waals surface area contributed by atoms with Crippen molar-refractivity contribution >= 4 is 53.6 Å². The van der Waals surface area contributed by atoms with Crippen LogP contribution < -0.4 is 15.1 Å². The van der Waals surface area contributed by atoms with E-state index < -0.39 is 0 Å². The van der Waals surface area contributed by atoms with Crippen molar-refractivity contribution in [2.24, 2.45) is 0 Å². The maximum Gasteiger partial charge on any atom is 0.194 e. The summed E-state index contributed by atoms with van der Waals surface area (Å²) in [6.07, 6.45) is 12.6. The number of piperidine rings is 2. The van der Waals surface area contributed by atoms with E-state index in [9.17, 15) is 15.3 Å². The molecule has 17 nitrogen and oxygen atoms in total. The lowest BCUT2D eigenvalue weighted by Crippen LogP contribution is -2.66. The first-order valence-corrected chi connectivity index (χ1v) is 22.3. The number of likely N-dealkylation sites (N-methyl/N-ethyl adjacent to an activating group) is 1. The normalized spacial score (nSPS) is 20.3. The number of anilines is 2. The van der Waals surface area contributed by atoms with Crippen molar-refractivity contribution in [3.05, 3.63) is 73.3 Å². The number of nitrogens with zero attached hydrogens (tertiary/aromatic N) is 11. The molecule has 0 saturated carbocycles. The van der Waals surface area contributed by atoms with Crippen molar-refractivity contribution in [2.75, 3.05) is 56.7 Å². The number of fused-ring (bicyclic) bond motifs is 2. The molecule has 0 bridgehead atoms. The average molecular weight is 871 g/mol. The van der Waals surface area contributed by atoms with E-state index in [0.717, 1.165) is 74.4 Å². The quantitative estimate of drug-likeness (QED) is 0.104. The van der Waals surface area contributed by atoms with Gasteiger partial charge in [0.25, 0.3) is 0 Å². The third kappa shape index (κ3) is 7.70. The van der Waals surface area contributed by atoms with Gasteiger partial charge in [-0.15, -0.1) is 20.4 Å². The molecule has 3 aliphatic heterocycles. The van der Waals surface area contributed by atoms with Gasteiger partial charge in [-0.25, -0.2) is 0 Å². The molecule has 318 valence electrons. The number of H-pyrrole nitrogens is 2. The van der Waals surface area contributed by atoms with Crippen LogP contribution in [0.1, 0.15) is 32.1 Å². The van der Waals surface area contributed by atoms with Crippen LogP contribution in [0.25, 0.3) is 65.5 Å². The zero-order valence-corrected chi connectivity index (χ0v) is 35.9. The minimum atomic E-state index is 0.120. The van der Waals surface area contributed by atoms with E-state index in [1.807, 2.05) is 43.4 Å². The molecule has 8 aromatic rings. The van der Waals surface area contributed by atoms with Gasteiger partial charge in [0.1, 0.15) is 11.5 Å². The molecular weight excluding hydrogens is 825 g/mol. The molecule has 0 radical (unpaired) electrons. The third-order valence-electron chi connectivity index (χ3n) is 12.4. The number of aliphatic hydroxyl groups excluding tert-OH is 1. The lowest BCUT2D eigenvalue weighted by atomic mass is 9.78. The number of hydrogen-bond acceptors (Lipinski definition) is 17. The third-order valence-corrected chi connectivity index (χ3v) is 14.5. The topological polar surface area (TPSA) is 217 Å². The van der Waals surface area contributed by atoms with E-state index in [4.69, 9.17) is 4.98 Å². The highest BCUT2D eigenvalue weighted by atomic mass is 32.1. The zero-order chi connectivity index (χ0) is 42.4. The number of aromatic hydroxyl groups is 2. The second-order valence-electron chi connectivity index (χ2n) is 16.4. The summed E-state index contributed by atoms with van der Waals surface area (Å²) in [6.45, 7) is 4.33. The Kier molecular flexibility index (Phi) is 10.7. The van der Waals surface area contributed by atoms with Crippen LogP contribution >= 0.6 is 22.7 Å². The molecule has 6 N–H and O–H groups in total. The van der Waals surface area contributed by atoms with Gasteiger partial charge in [0, 0.05) is 66.9 Å². The van der Waals surface area contributed by atoms with Gasteiger partial charge in [-0.1, -0.05) is 34.8 Å². The molecule has 0 aliphatic carbocycles. The molecular formula is C43H46N14O3S2. The summed E-state index contributed by atoms with van der Waals surface area (Å²) in [5, 5.41) is 66.7. The van der Waals surface area contributed by atoms with Crippen molar-refractivity contribution in [3.63, 3.8) is 0 Å². The van der Waals surface area contributed by atoms with Crippen molar-refractivity contribution in [3.8, 4) is 56.3 Å². The Bertz CT molecular complexity index is 2830. The molecule has 0 amide bonds. The Morgan fingerprint density at radius 3 is 2.00 bits per heavy atom. The summed E-state index contributed by atoms with van der Waals surface area (Å²) in [4.78, 5) is 16.5. The van der Waals surface area contributed by atoms with Gasteiger partial charge in [0.05, 0.1) is 45.3 Å². The van der Waals surface area contributed by atoms with E-state index in [-0.39, 0.29) is 29.7 Å². The second kappa shape index (κ2) is 16.6. The summed E-state index contributed by atoms with van der Waals surface area (Å²) in [5.41, 5.74) is 7.60. The van der Waals surface area contributed by atoms with E-state index >= 15 is 0 Å². The number of rotatable bonds is 8. The highest BCUT2D eigenvalue weighted by Crippen LogP contribution is 2.45. The number of thiazole rings is 2. The van der Waals surface area contributed by atoms with Crippen molar-refractivity contribution < 1.29 is 15.3 Å². The lowest BCUT2D eigenvalue weighted by Gasteiger charge is -2.56. The van der Waals surface area contributed by atoms with E-state index in [1.165, 1.54) is 25.8 Å². The molecule has 9 heterocycles. The summed E-state index contributed by atoms with van der Waals surface area (Å²) in [7, 11) is 4.24. The van der Waals surface area contributed by atoms with Crippen LogP contribution in [0, 0.1) is 0 Å². The zero-order valence-electron chi connectivity index (χ0n) is 34.2. The van der Waals surface area contributed by atoms with Crippen LogP contribution in [-0.2, 0) is 0 Å². The smallest absolute Gasteiger partial charge is 0.194 e.